The maximum atomic E-state index is 12.0. The Morgan fingerprint density at radius 3 is 2.81 bits per heavy atom. The lowest BCUT2D eigenvalue weighted by molar-refractivity contribution is -0.154. The van der Waals surface area contributed by atoms with E-state index in [4.69, 9.17) is 19.5 Å². The maximum absolute atomic E-state index is 12.0. The monoisotopic (exact) mass is 358 g/mol. The molecule has 0 aromatic heterocycles. The largest absolute Gasteiger partial charge is 0.490 e. The number of hydrogen-bond acceptors (Lipinski definition) is 6. The molecule has 0 fully saturated rings. The number of hydrogen-bond donors (Lipinski definition) is 0. The number of amides is 1. The Hall–Kier alpha value is -3.01. The van der Waals surface area contributed by atoms with Crippen molar-refractivity contribution in [2.75, 3.05) is 26.8 Å². The lowest BCUT2D eigenvalue weighted by Gasteiger charge is -2.19. The molecule has 1 heterocycles. The predicted octanol–water partition coefficient (Wildman–Crippen LogP) is 2.16. The number of nitriles is 1. The number of likely N-dealkylation sites (N-methyl/N-ethyl adjacent to an activating group) is 1. The van der Waals surface area contributed by atoms with Crippen molar-refractivity contribution < 1.29 is 23.8 Å². The van der Waals surface area contributed by atoms with Crippen molar-refractivity contribution in [1.82, 2.24) is 4.90 Å². The Balaban J connectivity index is 1.92. The smallest absolute Gasteiger partial charge is 0.331 e. The molecule has 1 atom stereocenters. The van der Waals surface area contributed by atoms with Gasteiger partial charge in [-0.1, -0.05) is 6.07 Å². The number of ether oxygens (including phenoxy) is 3. The van der Waals surface area contributed by atoms with Crippen molar-refractivity contribution >= 4 is 18.0 Å². The van der Waals surface area contributed by atoms with E-state index in [0.29, 0.717) is 31.3 Å². The van der Waals surface area contributed by atoms with Crippen LogP contribution in [0.3, 0.4) is 0 Å². The Morgan fingerprint density at radius 2 is 2.08 bits per heavy atom. The van der Waals surface area contributed by atoms with Crippen LogP contribution < -0.4 is 9.47 Å². The van der Waals surface area contributed by atoms with Crippen LogP contribution in [-0.4, -0.2) is 49.7 Å². The second kappa shape index (κ2) is 9.47. The van der Waals surface area contributed by atoms with Gasteiger partial charge in [0.1, 0.15) is 0 Å². The molecule has 7 heteroatoms. The molecule has 0 radical (unpaired) electrons. The zero-order valence-electron chi connectivity index (χ0n) is 14.9. The van der Waals surface area contributed by atoms with E-state index >= 15 is 0 Å². The van der Waals surface area contributed by atoms with Gasteiger partial charge >= 0.3 is 5.97 Å². The molecule has 1 aliphatic heterocycles. The summed E-state index contributed by atoms with van der Waals surface area (Å²) < 4.78 is 16.3. The van der Waals surface area contributed by atoms with E-state index in [2.05, 4.69) is 0 Å². The normalized spacial score (nSPS) is 14.2. The SMILES string of the molecule is C[C@H](OC(=O)/C=C/c1ccc2c(c1)OCCCO2)C(=O)N(C)CCC#N. The van der Waals surface area contributed by atoms with Crippen molar-refractivity contribution in [3.05, 3.63) is 29.8 Å². The predicted molar refractivity (Wildman–Crippen MR) is 94.5 cm³/mol. The first-order valence-corrected chi connectivity index (χ1v) is 8.41. The molecule has 1 amide bonds. The highest BCUT2D eigenvalue weighted by Crippen LogP contribution is 2.30. The van der Waals surface area contributed by atoms with Crippen molar-refractivity contribution in [2.45, 2.75) is 25.9 Å². The Morgan fingerprint density at radius 1 is 1.35 bits per heavy atom. The number of nitrogens with zero attached hydrogens (tertiary/aromatic N) is 2. The Labute approximate surface area is 152 Å². The molecular weight excluding hydrogens is 336 g/mol. The summed E-state index contributed by atoms with van der Waals surface area (Å²) in [6.45, 7) is 3.00. The van der Waals surface area contributed by atoms with Gasteiger partial charge in [0.15, 0.2) is 17.6 Å². The second-order valence-corrected chi connectivity index (χ2v) is 5.84. The second-order valence-electron chi connectivity index (χ2n) is 5.84. The first kappa shape index (κ1) is 19.3. The van der Waals surface area contributed by atoms with E-state index in [9.17, 15) is 9.59 Å². The van der Waals surface area contributed by atoms with E-state index in [-0.39, 0.29) is 12.3 Å². The lowest BCUT2D eigenvalue weighted by Crippen LogP contribution is -2.37. The van der Waals surface area contributed by atoms with Gasteiger partial charge in [-0.2, -0.15) is 5.26 Å². The molecule has 7 nitrogen and oxygen atoms in total. The summed E-state index contributed by atoms with van der Waals surface area (Å²) in [7, 11) is 1.57. The van der Waals surface area contributed by atoms with Crippen LogP contribution in [0, 0.1) is 11.3 Å². The van der Waals surface area contributed by atoms with Crippen molar-refractivity contribution in [2.24, 2.45) is 0 Å². The number of rotatable bonds is 6. The van der Waals surface area contributed by atoms with Crippen LogP contribution in [0.25, 0.3) is 6.08 Å². The molecule has 138 valence electrons. The van der Waals surface area contributed by atoms with Crippen LogP contribution in [0.2, 0.25) is 0 Å². The minimum absolute atomic E-state index is 0.229. The van der Waals surface area contributed by atoms with E-state index < -0.39 is 12.1 Å². The van der Waals surface area contributed by atoms with E-state index in [1.807, 2.05) is 12.1 Å². The van der Waals surface area contributed by atoms with E-state index in [0.717, 1.165) is 12.0 Å². The average molecular weight is 358 g/mol. The average Bonchev–Trinajstić information content (AvgIpc) is 2.88. The van der Waals surface area contributed by atoms with E-state index in [1.54, 1.807) is 25.3 Å². The Bertz CT molecular complexity index is 723. The molecule has 0 unspecified atom stereocenters. The summed E-state index contributed by atoms with van der Waals surface area (Å²) in [5, 5.41) is 8.55. The highest BCUT2D eigenvalue weighted by atomic mass is 16.5. The summed E-state index contributed by atoms with van der Waals surface area (Å²) in [4.78, 5) is 25.3. The maximum Gasteiger partial charge on any atom is 0.331 e. The summed E-state index contributed by atoms with van der Waals surface area (Å²) >= 11 is 0. The van der Waals surface area contributed by atoms with E-state index in [1.165, 1.54) is 17.9 Å². The summed E-state index contributed by atoms with van der Waals surface area (Å²) in [6, 6.07) is 7.35. The lowest BCUT2D eigenvalue weighted by atomic mass is 10.2. The minimum atomic E-state index is -0.917. The van der Waals surface area contributed by atoms with Crippen LogP contribution in [-0.2, 0) is 14.3 Å². The van der Waals surface area contributed by atoms with Gasteiger partial charge in [-0.25, -0.2) is 4.79 Å². The quantitative estimate of drug-likeness (QED) is 0.572. The van der Waals surface area contributed by atoms with Gasteiger partial charge < -0.3 is 19.1 Å². The highest BCUT2D eigenvalue weighted by molar-refractivity contribution is 5.90. The Kier molecular flexibility index (Phi) is 7.03. The molecule has 0 N–H and O–H groups in total. The standard InChI is InChI=1S/C19H22N2O5/c1-14(19(23)21(2)10-3-9-20)26-18(22)8-6-15-5-7-16-17(13-15)25-12-4-11-24-16/h5-8,13-14H,3-4,10-12H2,1-2H3/b8-6+/t14-/m0/s1. The topological polar surface area (TPSA) is 88.9 Å². The zero-order chi connectivity index (χ0) is 18.9. The molecule has 1 aromatic rings. The number of carbonyl (C=O) groups excluding carboxylic acids is 2. The molecule has 0 bridgehead atoms. The summed E-state index contributed by atoms with van der Waals surface area (Å²) in [5.41, 5.74) is 0.760. The van der Waals surface area contributed by atoms with Gasteiger partial charge in [0.2, 0.25) is 0 Å². The van der Waals surface area contributed by atoms with Crippen molar-refractivity contribution in [3.8, 4) is 17.6 Å². The number of carbonyl (C=O) groups is 2. The molecule has 0 aliphatic carbocycles. The first-order chi connectivity index (χ1) is 12.5. The summed E-state index contributed by atoms with van der Waals surface area (Å²) in [6.07, 6.45) is 2.99. The number of esters is 1. The minimum Gasteiger partial charge on any atom is -0.490 e. The van der Waals surface area contributed by atoms with Crippen LogP contribution in [0.1, 0.15) is 25.3 Å². The number of fused-ring (bicyclic) bond motifs is 1. The van der Waals surface area contributed by atoms with Crippen molar-refractivity contribution in [1.29, 1.82) is 5.26 Å². The van der Waals surface area contributed by atoms with Crippen LogP contribution in [0.4, 0.5) is 0 Å². The van der Waals surface area contributed by atoms with Gasteiger partial charge in [-0.3, -0.25) is 4.79 Å². The fraction of sp³-hybridized carbons (Fsp3) is 0.421. The number of benzene rings is 1. The zero-order valence-corrected chi connectivity index (χ0v) is 14.9. The molecule has 2 rings (SSSR count). The van der Waals surface area contributed by atoms with Gasteiger partial charge in [0.25, 0.3) is 5.91 Å². The van der Waals surface area contributed by atoms with Gasteiger partial charge in [0.05, 0.1) is 25.7 Å². The van der Waals surface area contributed by atoms with Crippen LogP contribution >= 0.6 is 0 Å². The van der Waals surface area contributed by atoms with Crippen LogP contribution in [0.15, 0.2) is 24.3 Å². The fourth-order valence-electron chi connectivity index (χ4n) is 2.35. The molecule has 1 aliphatic rings. The molecule has 0 spiro atoms. The third kappa shape index (κ3) is 5.52. The van der Waals surface area contributed by atoms with Crippen molar-refractivity contribution in [3.63, 3.8) is 0 Å². The molecule has 26 heavy (non-hydrogen) atoms. The summed E-state index contributed by atoms with van der Waals surface area (Å²) in [5.74, 6) is 0.353. The highest BCUT2D eigenvalue weighted by Gasteiger charge is 2.20. The van der Waals surface area contributed by atoms with Gasteiger partial charge in [0, 0.05) is 26.1 Å². The molecule has 0 saturated carbocycles. The molecule has 0 saturated heterocycles. The first-order valence-electron chi connectivity index (χ1n) is 8.41. The molecule has 1 aromatic carbocycles. The van der Waals surface area contributed by atoms with Gasteiger partial charge in [-0.15, -0.1) is 0 Å². The molecular formula is C19H22N2O5. The third-order valence-corrected chi connectivity index (χ3v) is 3.76. The van der Waals surface area contributed by atoms with Gasteiger partial charge in [-0.05, 0) is 30.7 Å². The van der Waals surface area contributed by atoms with Crippen LogP contribution in [0.5, 0.6) is 11.5 Å². The fourth-order valence-corrected chi connectivity index (χ4v) is 2.35. The third-order valence-electron chi connectivity index (χ3n) is 3.76.